The third-order valence-electron chi connectivity index (χ3n) is 4.53. The zero-order valence-electron chi connectivity index (χ0n) is 15.5. The van der Waals surface area contributed by atoms with Crippen LogP contribution in [0.5, 0.6) is 0 Å². The maximum absolute atomic E-state index is 12.3. The summed E-state index contributed by atoms with van der Waals surface area (Å²) < 4.78 is 4.91. The van der Waals surface area contributed by atoms with E-state index in [1.165, 1.54) is 12.7 Å². The molecule has 0 radical (unpaired) electrons. The fourth-order valence-electron chi connectivity index (χ4n) is 3.02. The third-order valence-corrected chi connectivity index (χ3v) is 4.53. The van der Waals surface area contributed by atoms with E-state index in [4.69, 9.17) is 4.74 Å². The van der Waals surface area contributed by atoms with Crippen LogP contribution in [0.4, 0.5) is 0 Å². The number of ether oxygens (including phenoxy) is 1. The maximum atomic E-state index is 12.3. The molecule has 1 aromatic rings. The van der Waals surface area contributed by atoms with Crippen LogP contribution in [0.25, 0.3) is 0 Å². The van der Waals surface area contributed by atoms with Gasteiger partial charge in [0.15, 0.2) is 0 Å². The lowest BCUT2D eigenvalue weighted by Crippen LogP contribution is -2.41. The summed E-state index contributed by atoms with van der Waals surface area (Å²) in [7, 11) is 1.53. The van der Waals surface area contributed by atoms with E-state index in [-0.39, 0.29) is 24.5 Å². The number of nitrogens with zero attached hydrogens (tertiary/aromatic N) is 2. The molecule has 2 rings (SSSR count). The smallest absolute Gasteiger partial charge is 0.248 e. The van der Waals surface area contributed by atoms with Crippen molar-refractivity contribution < 1.29 is 14.3 Å². The van der Waals surface area contributed by atoms with Crippen molar-refractivity contribution >= 4 is 11.8 Å². The number of amides is 2. The highest BCUT2D eigenvalue weighted by Gasteiger charge is 2.20. The number of carbonyl (C=O) groups is 2. The third kappa shape index (κ3) is 6.14. The van der Waals surface area contributed by atoms with Gasteiger partial charge in [0, 0.05) is 33.3 Å². The minimum Gasteiger partial charge on any atom is -0.375 e. The highest BCUT2D eigenvalue weighted by molar-refractivity contribution is 5.79. The van der Waals surface area contributed by atoms with E-state index in [1.54, 1.807) is 0 Å². The second-order valence-electron chi connectivity index (χ2n) is 6.64. The molecule has 1 N–H and O–H groups in total. The van der Waals surface area contributed by atoms with Crippen molar-refractivity contribution in [1.82, 2.24) is 15.1 Å². The Hall–Kier alpha value is -1.92. The quantitative estimate of drug-likeness (QED) is 0.844. The van der Waals surface area contributed by atoms with Crippen LogP contribution in [0.2, 0.25) is 0 Å². The molecule has 25 heavy (non-hydrogen) atoms. The summed E-state index contributed by atoms with van der Waals surface area (Å²) in [5.41, 5.74) is 2.31. The van der Waals surface area contributed by atoms with E-state index >= 15 is 0 Å². The predicted molar refractivity (Wildman–Crippen MR) is 97.2 cm³/mol. The maximum Gasteiger partial charge on any atom is 0.248 e. The first-order valence-electron chi connectivity index (χ1n) is 8.84. The number of hydrogen-bond donors (Lipinski definition) is 1. The topological polar surface area (TPSA) is 61.9 Å². The van der Waals surface area contributed by atoms with Gasteiger partial charge in [0.2, 0.25) is 11.8 Å². The summed E-state index contributed by atoms with van der Waals surface area (Å²) in [5, 5.41) is 3.06. The van der Waals surface area contributed by atoms with Gasteiger partial charge in [-0.3, -0.25) is 14.5 Å². The number of nitrogens with one attached hydrogen (secondary N) is 1. The first-order valence-corrected chi connectivity index (χ1v) is 8.84. The Kier molecular flexibility index (Phi) is 7.40. The Balaban J connectivity index is 1.80. The second kappa shape index (κ2) is 9.53. The fraction of sp³-hybridized carbons (Fsp3) is 0.579. The van der Waals surface area contributed by atoms with Crippen molar-refractivity contribution in [2.45, 2.75) is 26.3 Å². The minimum absolute atomic E-state index is 0.0140. The fourth-order valence-corrected chi connectivity index (χ4v) is 3.02. The first-order chi connectivity index (χ1) is 12.0. The number of aryl methyl sites for hydroxylation is 1. The van der Waals surface area contributed by atoms with Gasteiger partial charge in [0.05, 0.1) is 12.6 Å². The first kappa shape index (κ1) is 19.4. The number of carbonyl (C=O) groups excluding carboxylic acids is 2. The van der Waals surface area contributed by atoms with Gasteiger partial charge in [-0.15, -0.1) is 0 Å². The molecule has 0 saturated carbocycles. The summed E-state index contributed by atoms with van der Waals surface area (Å²) in [6.07, 6.45) is 0.871. The number of methoxy groups -OCH3 is 1. The van der Waals surface area contributed by atoms with E-state index in [2.05, 4.69) is 22.3 Å². The average Bonchev–Trinajstić information content (AvgIpc) is 2.81. The minimum atomic E-state index is -0.0140. The van der Waals surface area contributed by atoms with Crippen LogP contribution in [-0.4, -0.2) is 68.1 Å². The molecule has 1 fully saturated rings. The molecule has 1 aliphatic rings. The van der Waals surface area contributed by atoms with Crippen molar-refractivity contribution in [3.8, 4) is 0 Å². The van der Waals surface area contributed by atoms with Crippen LogP contribution >= 0.6 is 0 Å². The summed E-state index contributed by atoms with van der Waals surface area (Å²) >= 11 is 0. The lowest BCUT2D eigenvalue weighted by Gasteiger charge is -2.22. The largest absolute Gasteiger partial charge is 0.375 e. The Morgan fingerprint density at radius 3 is 2.56 bits per heavy atom. The lowest BCUT2D eigenvalue weighted by atomic mass is 10.1. The summed E-state index contributed by atoms with van der Waals surface area (Å²) in [6, 6.07) is 8.19. The second-order valence-corrected chi connectivity index (χ2v) is 6.64. The zero-order chi connectivity index (χ0) is 18.2. The van der Waals surface area contributed by atoms with Crippen LogP contribution in [0.1, 0.15) is 30.5 Å². The summed E-state index contributed by atoms with van der Waals surface area (Å²) in [4.78, 5) is 28.2. The van der Waals surface area contributed by atoms with Gasteiger partial charge in [-0.25, -0.2) is 0 Å². The molecule has 1 atom stereocenters. The van der Waals surface area contributed by atoms with Crippen molar-refractivity contribution in [3.63, 3.8) is 0 Å². The average molecular weight is 347 g/mol. The normalized spacial score (nSPS) is 17.0. The van der Waals surface area contributed by atoms with Gasteiger partial charge in [-0.2, -0.15) is 0 Å². The molecule has 0 aromatic heterocycles. The summed E-state index contributed by atoms with van der Waals surface area (Å²) in [5.74, 6) is 0.0338. The van der Waals surface area contributed by atoms with E-state index in [0.29, 0.717) is 19.6 Å². The SMILES string of the molecule is COCC(=O)N1CCCN(CC(=O)NC(C)c2ccc(C)cc2)CC1. The molecule has 6 nitrogen and oxygen atoms in total. The Morgan fingerprint density at radius 1 is 1.16 bits per heavy atom. The Morgan fingerprint density at radius 2 is 1.88 bits per heavy atom. The standard InChI is InChI=1S/C19H29N3O3/c1-15-5-7-17(8-6-15)16(2)20-18(23)13-21-9-4-10-22(12-11-21)19(24)14-25-3/h5-8,16H,4,9-14H2,1-3H3,(H,20,23). The van der Waals surface area contributed by atoms with Gasteiger partial charge in [0.1, 0.15) is 6.61 Å². The zero-order valence-corrected chi connectivity index (χ0v) is 15.5. The van der Waals surface area contributed by atoms with Gasteiger partial charge < -0.3 is 15.0 Å². The van der Waals surface area contributed by atoms with Gasteiger partial charge >= 0.3 is 0 Å². The van der Waals surface area contributed by atoms with Crippen molar-refractivity contribution in [2.24, 2.45) is 0 Å². The van der Waals surface area contributed by atoms with Crippen LogP contribution < -0.4 is 5.32 Å². The lowest BCUT2D eigenvalue weighted by molar-refractivity contribution is -0.135. The number of hydrogen-bond acceptors (Lipinski definition) is 4. The molecular weight excluding hydrogens is 318 g/mol. The predicted octanol–water partition coefficient (Wildman–Crippen LogP) is 1.35. The molecule has 138 valence electrons. The summed E-state index contributed by atoms with van der Waals surface area (Å²) in [6.45, 7) is 7.42. The molecule has 6 heteroatoms. The molecule has 0 bridgehead atoms. The molecular formula is C19H29N3O3. The van der Waals surface area contributed by atoms with E-state index in [9.17, 15) is 9.59 Å². The van der Waals surface area contributed by atoms with Gasteiger partial charge in [0.25, 0.3) is 0 Å². The molecule has 1 unspecified atom stereocenters. The van der Waals surface area contributed by atoms with Crippen molar-refractivity contribution in [1.29, 1.82) is 0 Å². The van der Waals surface area contributed by atoms with Crippen LogP contribution in [0, 0.1) is 6.92 Å². The monoisotopic (exact) mass is 347 g/mol. The van der Waals surface area contributed by atoms with Crippen molar-refractivity contribution in [3.05, 3.63) is 35.4 Å². The van der Waals surface area contributed by atoms with E-state index < -0.39 is 0 Å². The Bertz CT molecular complexity index is 574. The Labute approximate surface area is 150 Å². The highest BCUT2D eigenvalue weighted by Crippen LogP contribution is 2.13. The molecule has 1 aromatic carbocycles. The van der Waals surface area contributed by atoms with Crippen LogP contribution in [-0.2, 0) is 14.3 Å². The number of benzene rings is 1. The van der Waals surface area contributed by atoms with Crippen molar-refractivity contribution in [2.75, 3.05) is 46.4 Å². The van der Waals surface area contributed by atoms with Gasteiger partial charge in [-0.05, 0) is 25.8 Å². The van der Waals surface area contributed by atoms with Gasteiger partial charge in [-0.1, -0.05) is 29.8 Å². The molecule has 2 amide bonds. The van der Waals surface area contributed by atoms with Crippen LogP contribution in [0.15, 0.2) is 24.3 Å². The molecule has 0 aliphatic carbocycles. The molecule has 1 aliphatic heterocycles. The highest BCUT2D eigenvalue weighted by atomic mass is 16.5. The van der Waals surface area contributed by atoms with Crippen LogP contribution in [0.3, 0.4) is 0 Å². The molecule has 0 spiro atoms. The van der Waals surface area contributed by atoms with E-state index in [0.717, 1.165) is 25.1 Å². The molecule has 1 saturated heterocycles. The molecule has 1 heterocycles. The van der Waals surface area contributed by atoms with E-state index in [1.807, 2.05) is 30.9 Å². The number of rotatable bonds is 6.